The van der Waals surface area contributed by atoms with Crippen LogP contribution in [0.2, 0.25) is 0 Å². The van der Waals surface area contributed by atoms with E-state index in [-0.39, 0.29) is 5.41 Å². The lowest BCUT2D eigenvalue weighted by Gasteiger charge is -2.23. The highest BCUT2D eigenvalue weighted by atomic mass is 16.5. The Hall–Kier alpha value is -1.55. The predicted molar refractivity (Wildman–Crippen MR) is 74.6 cm³/mol. The molecule has 1 aromatic carbocycles. The normalized spacial score (nSPS) is 23.1. The van der Waals surface area contributed by atoms with E-state index >= 15 is 0 Å². The molecule has 1 fully saturated rings. The highest BCUT2D eigenvalue weighted by molar-refractivity contribution is 5.79. The van der Waals surface area contributed by atoms with Gasteiger partial charge in [-0.15, -0.1) is 0 Å². The zero-order valence-electron chi connectivity index (χ0n) is 11.5. The van der Waals surface area contributed by atoms with Crippen LogP contribution in [0.15, 0.2) is 22.6 Å². The second kappa shape index (κ2) is 4.85. The molecule has 0 spiro atoms. The Balaban J connectivity index is 2.09. The van der Waals surface area contributed by atoms with Crippen LogP contribution < -0.4 is 10.1 Å². The number of nitrogens with one attached hydrogen (secondary N) is 1. The predicted octanol–water partition coefficient (Wildman–Crippen LogP) is 2.87. The number of ether oxygens (including phenoxy) is 1. The molecule has 1 unspecified atom stereocenters. The SMILES string of the molecule is CCCC1(c2nc3c(OC)cccc3o2)CCNC1. The van der Waals surface area contributed by atoms with Gasteiger partial charge in [0.2, 0.25) is 5.89 Å². The number of rotatable bonds is 4. The number of fused-ring (bicyclic) bond motifs is 1. The molecule has 1 aliphatic heterocycles. The zero-order chi connectivity index (χ0) is 13.3. The summed E-state index contributed by atoms with van der Waals surface area (Å²) in [4.78, 5) is 4.72. The van der Waals surface area contributed by atoms with Crippen LogP contribution in [0.4, 0.5) is 0 Å². The minimum atomic E-state index is 0.0543. The number of methoxy groups -OCH3 is 1. The summed E-state index contributed by atoms with van der Waals surface area (Å²) >= 11 is 0. The topological polar surface area (TPSA) is 47.3 Å². The van der Waals surface area contributed by atoms with Gasteiger partial charge < -0.3 is 14.5 Å². The van der Waals surface area contributed by atoms with E-state index in [4.69, 9.17) is 14.1 Å². The van der Waals surface area contributed by atoms with E-state index in [2.05, 4.69) is 12.2 Å². The van der Waals surface area contributed by atoms with Crippen molar-refractivity contribution in [3.8, 4) is 5.75 Å². The van der Waals surface area contributed by atoms with Crippen LogP contribution in [-0.2, 0) is 5.41 Å². The molecule has 3 rings (SSSR count). The number of benzene rings is 1. The van der Waals surface area contributed by atoms with Gasteiger partial charge in [-0.05, 0) is 31.5 Å². The summed E-state index contributed by atoms with van der Waals surface area (Å²) < 4.78 is 11.4. The second-order valence-electron chi connectivity index (χ2n) is 5.28. The first-order valence-electron chi connectivity index (χ1n) is 6.94. The first-order chi connectivity index (χ1) is 9.29. The maximum Gasteiger partial charge on any atom is 0.203 e. The van der Waals surface area contributed by atoms with Gasteiger partial charge in [0, 0.05) is 6.54 Å². The van der Waals surface area contributed by atoms with E-state index in [1.54, 1.807) is 7.11 Å². The van der Waals surface area contributed by atoms with Crippen molar-refractivity contribution in [1.29, 1.82) is 0 Å². The lowest BCUT2D eigenvalue weighted by atomic mass is 9.82. The maximum absolute atomic E-state index is 6.02. The van der Waals surface area contributed by atoms with Crippen LogP contribution in [0.3, 0.4) is 0 Å². The molecular weight excluding hydrogens is 240 g/mol. The van der Waals surface area contributed by atoms with Gasteiger partial charge in [-0.1, -0.05) is 19.4 Å². The fourth-order valence-corrected chi connectivity index (χ4v) is 3.04. The van der Waals surface area contributed by atoms with E-state index < -0.39 is 0 Å². The third-order valence-corrected chi connectivity index (χ3v) is 4.03. The molecule has 0 radical (unpaired) electrons. The molecule has 2 heterocycles. The van der Waals surface area contributed by atoms with Gasteiger partial charge >= 0.3 is 0 Å². The van der Waals surface area contributed by atoms with E-state index in [1.807, 2.05) is 18.2 Å². The molecular formula is C15H20N2O2. The standard InChI is InChI=1S/C15H20N2O2/c1-3-7-15(8-9-16-10-15)14-17-13-11(18-2)5-4-6-12(13)19-14/h4-6,16H,3,7-10H2,1-2H3. The molecule has 0 bridgehead atoms. The smallest absolute Gasteiger partial charge is 0.203 e. The Kier molecular flexibility index (Phi) is 3.19. The van der Waals surface area contributed by atoms with E-state index in [0.29, 0.717) is 0 Å². The lowest BCUT2D eigenvalue weighted by molar-refractivity contribution is 0.330. The van der Waals surface area contributed by atoms with E-state index in [0.717, 1.165) is 55.1 Å². The Morgan fingerprint density at radius 1 is 1.47 bits per heavy atom. The van der Waals surface area contributed by atoms with Gasteiger partial charge in [-0.25, -0.2) is 4.98 Å². The molecule has 1 saturated heterocycles. The van der Waals surface area contributed by atoms with Crippen molar-refractivity contribution in [2.45, 2.75) is 31.6 Å². The monoisotopic (exact) mass is 260 g/mol. The lowest BCUT2D eigenvalue weighted by Crippen LogP contribution is -2.29. The van der Waals surface area contributed by atoms with Crippen molar-refractivity contribution < 1.29 is 9.15 Å². The van der Waals surface area contributed by atoms with Crippen molar-refractivity contribution in [1.82, 2.24) is 10.3 Å². The molecule has 1 N–H and O–H groups in total. The minimum absolute atomic E-state index is 0.0543. The van der Waals surface area contributed by atoms with E-state index in [9.17, 15) is 0 Å². The van der Waals surface area contributed by atoms with Crippen molar-refractivity contribution in [3.63, 3.8) is 0 Å². The van der Waals surface area contributed by atoms with Crippen LogP contribution in [-0.4, -0.2) is 25.2 Å². The first-order valence-corrected chi connectivity index (χ1v) is 6.94. The van der Waals surface area contributed by atoms with Gasteiger partial charge in [0.25, 0.3) is 0 Å². The van der Waals surface area contributed by atoms with Gasteiger partial charge in [-0.2, -0.15) is 0 Å². The molecule has 19 heavy (non-hydrogen) atoms. The summed E-state index contributed by atoms with van der Waals surface area (Å²) in [6.45, 7) is 4.20. The first kappa shape index (κ1) is 12.5. The summed E-state index contributed by atoms with van der Waals surface area (Å²) in [5.41, 5.74) is 1.71. The zero-order valence-corrected chi connectivity index (χ0v) is 11.5. The number of hydrogen-bond acceptors (Lipinski definition) is 4. The molecule has 4 nitrogen and oxygen atoms in total. The third kappa shape index (κ3) is 2.00. The number of para-hydroxylation sites is 1. The summed E-state index contributed by atoms with van der Waals surface area (Å²) in [7, 11) is 1.67. The fraction of sp³-hybridized carbons (Fsp3) is 0.533. The Bertz CT molecular complexity index is 571. The molecule has 2 aromatic rings. The maximum atomic E-state index is 6.02. The quantitative estimate of drug-likeness (QED) is 0.918. The summed E-state index contributed by atoms with van der Waals surface area (Å²) in [5, 5.41) is 3.44. The van der Waals surface area contributed by atoms with Crippen LogP contribution in [0.25, 0.3) is 11.1 Å². The summed E-state index contributed by atoms with van der Waals surface area (Å²) in [5.74, 6) is 1.64. The van der Waals surface area contributed by atoms with Gasteiger partial charge in [-0.3, -0.25) is 0 Å². The number of nitrogens with zero attached hydrogens (tertiary/aromatic N) is 1. The number of oxazole rings is 1. The molecule has 1 aliphatic rings. The number of aromatic nitrogens is 1. The van der Waals surface area contributed by atoms with Crippen LogP contribution in [0.5, 0.6) is 5.75 Å². The van der Waals surface area contributed by atoms with Crippen molar-refractivity contribution in [3.05, 3.63) is 24.1 Å². The third-order valence-electron chi connectivity index (χ3n) is 4.03. The molecule has 1 atom stereocenters. The van der Waals surface area contributed by atoms with E-state index in [1.165, 1.54) is 0 Å². The highest BCUT2D eigenvalue weighted by Gasteiger charge is 2.39. The van der Waals surface area contributed by atoms with Crippen LogP contribution in [0.1, 0.15) is 32.1 Å². The Morgan fingerprint density at radius 2 is 2.37 bits per heavy atom. The second-order valence-corrected chi connectivity index (χ2v) is 5.28. The summed E-state index contributed by atoms with van der Waals surface area (Å²) in [6, 6.07) is 5.82. The van der Waals surface area contributed by atoms with Crippen molar-refractivity contribution in [2.24, 2.45) is 0 Å². The molecule has 102 valence electrons. The Labute approximate surface area is 113 Å². The molecule has 0 saturated carbocycles. The molecule has 1 aromatic heterocycles. The summed E-state index contributed by atoms with van der Waals surface area (Å²) in [6.07, 6.45) is 3.34. The molecule has 4 heteroatoms. The minimum Gasteiger partial charge on any atom is -0.494 e. The van der Waals surface area contributed by atoms with Gasteiger partial charge in [0.15, 0.2) is 11.1 Å². The largest absolute Gasteiger partial charge is 0.494 e. The van der Waals surface area contributed by atoms with Crippen molar-refractivity contribution in [2.75, 3.05) is 20.2 Å². The fourth-order valence-electron chi connectivity index (χ4n) is 3.04. The Morgan fingerprint density at radius 3 is 3.05 bits per heavy atom. The van der Waals surface area contributed by atoms with Gasteiger partial charge in [0.05, 0.1) is 12.5 Å². The average molecular weight is 260 g/mol. The van der Waals surface area contributed by atoms with Crippen LogP contribution >= 0.6 is 0 Å². The molecule has 0 aliphatic carbocycles. The van der Waals surface area contributed by atoms with Crippen molar-refractivity contribution >= 4 is 11.1 Å². The number of hydrogen-bond donors (Lipinski definition) is 1. The highest BCUT2D eigenvalue weighted by Crippen LogP contribution is 2.37. The van der Waals surface area contributed by atoms with Gasteiger partial charge in [0.1, 0.15) is 5.75 Å². The van der Waals surface area contributed by atoms with Crippen LogP contribution in [0, 0.1) is 0 Å². The average Bonchev–Trinajstić information content (AvgIpc) is 3.05. The molecule has 0 amide bonds.